The molecule has 0 aliphatic rings. The normalized spacial score (nSPS) is 13.2. The van der Waals surface area contributed by atoms with E-state index in [0.717, 1.165) is 23.1 Å². The van der Waals surface area contributed by atoms with Crippen molar-refractivity contribution in [3.05, 3.63) is 27.7 Å². The molecule has 0 bridgehead atoms. The number of nitrogens with zero attached hydrogens (tertiary/aromatic N) is 1. The number of fused-ring (bicyclic) bond motifs is 1. The molecule has 1 heterocycles. The molecule has 1 aromatic heterocycles. The highest BCUT2D eigenvalue weighted by molar-refractivity contribution is 9.10. The minimum Gasteiger partial charge on any atom is -0.316 e. The van der Waals surface area contributed by atoms with E-state index >= 15 is 0 Å². The third-order valence-electron chi connectivity index (χ3n) is 2.49. The van der Waals surface area contributed by atoms with E-state index in [0.29, 0.717) is 5.92 Å². The third kappa shape index (κ3) is 2.62. The first-order chi connectivity index (χ1) is 7.70. The lowest BCUT2D eigenvalue weighted by Crippen LogP contribution is -2.19. The standard InChI is InChI=1S/C12H15BrN2S/c1-3-14-7-8(2)12-15-10-6-9(13)4-5-11(10)16-12/h4-6,8,14H,3,7H2,1-2H3. The van der Waals surface area contributed by atoms with Gasteiger partial charge in [-0.05, 0) is 24.7 Å². The van der Waals surface area contributed by atoms with Crippen molar-refractivity contribution in [1.29, 1.82) is 0 Å². The Morgan fingerprint density at radius 1 is 1.50 bits per heavy atom. The summed E-state index contributed by atoms with van der Waals surface area (Å²) in [5.41, 5.74) is 1.10. The predicted molar refractivity (Wildman–Crippen MR) is 74.3 cm³/mol. The van der Waals surface area contributed by atoms with Crippen molar-refractivity contribution in [1.82, 2.24) is 10.3 Å². The summed E-state index contributed by atoms with van der Waals surface area (Å²) in [5.74, 6) is 0.483. The molecule has 0 aliphatic carbocycles. The molecular weight excluding hydrogens is 284 g/mol. The molecule has 1 unspecified atom stereocenters. The summed E-state index contributed by atoms with van der Waals surface area (Å²) < 4.78 is 2.36. The molecule has 1 N–H and O–H groups in total. The molecule has 2 nitrogen and oxygen atoms in total. The Hall–Kier alpha value is -0.450. The molecule has 4 heteroatoms. The maximum Gasteiger partial charge on any atom is 0.0979 e. The van der Waals surface area contributed by atoms with Crippen molar-refractivity contribution in [2.45, 2.75) is 19.8 Å². The summed E-state index contributed by atoms with van der Waals surface area (Å²) in [4.78, 5) is 4.67. The van der Waals surface area contributed by atoms with Crippen LogP contribution in [0.3, 0.4) is 0 Å². The summed E-state index contributed by atoms with van der Waals surface area (Å²) in [6, 6.07) is 6.27. The monoisotopic (exact) mass is 298 g/mol. The average Bonchev–Trinajstić information content (AvgIpc) is 2.68. The topological polar surface area (TPSA) is 24.9 Å². The van der Waals surface area contributed by atoms with E-state index in [2.05, 4.69) is 58.3 Å². The van der Waals surface area contributed by atoms with Crippen LogP contribution in [0.1, 0.15) is 24.8 Å². The smallest absolute Gasteiger partial charge is 0.0979 e. The summed E-state index contributed by atoms with van der Waals surface area (Å²) in [6.45, 7) is 6.36. The van der Waals surface area contributed by atoms with Crippen LogP contribution in [0.4, 0.5) is 0 Å². The van der Waals surface area contributed by atoms with Gasteiger partial charge in [0.2, 0.25) is 0 Å². The second kappa shape index (κ2) is 5.25. The molecule has 0 saturated heterocycles. The third-order valence-corrected chi connectivity index (χ3v) is 4.25. The first kappa shape index (κ1) is 12.0. The van der Waals surface area contributed by atoms with Crippen LogP contribution in [0.15, 0.2) is 22.7 Å². The Bertz CT molecular complexity index is 481. The first-order valence-corrected chi connectivity index (χ1v) is 7.08. The van der Waals surface area contributed by atoms with Crippen molar-refractivity contribution >= 4 is 37.5 Å². The van der Waals surface area contributed by atoms with Crippen molar-refractivity contribution < 1.29 is 0 Å². The second-order valence-electron chi connectivity index (χ2n) is 3.87. The highest BCUT2D eigenvalue weighted by Gasteiger charge is 2.10. The number of hydrogen-bond donors (Lipinski definition) is 1. The SMILES string of the molecule is CCNCC(C)c1nc2cc(Br)ccc2s1. The minimum absolute atomic E-state index is 0.483. The Balaban J connectivity index is 2.25. The number of thiazole rings is 1. The fraction of sp³-hybridized carbons (Fsp3) is 0.417. The lowest BCUT2D eigenvalue weighted by molar-refractivity contribution is 0.633. The van der Waals surface area contributed by atoms with Crippen LogP contribution in [0.2, 0.25) is 0 Å². The van der Waals surface area contributed by atoms with Crippen LogP contribution in [-0.2, 0) is 0 Å². The first-order valence-electron chi connectivity index (χ1n) is 5.47. The van der Waals surface area contributed by atoms with E-state index in [9.17, 15) is 0 Å². The largest absolute Gasteiger partial charge is 0.316 e. The van der Waals surface area contributed by atoms with Crippen LogP contribution in [0.5, 0.6) is 0 Å². The number of nitrogens with one attached hydrogen (secondary N) is 1. The van der Waals surface area contributed by atoms with Gasteiger partial charge >= 0.3 is 0 Å². The van der Waals surface area contributed by atoms with Crippen molar-refractivity contribution in [3.8, 4) is 0 Å². The Labute approximate surface area is 108 Å². The van der Waals surface area contributed by atoms with Crippen molar-refractivity contribution in [2.75, 3.05) is 13.1 Å². The van der Waals surface area contributed by atoms with Gasteiger partial charge in [0.05, 0.1) is 15.2 Å². The molecule has 2 rings (SSSR count). The van der Waals surface area contributed by atoms with Gasteiger partial charge in [0.15, 0.2) is 0 Å². The molecule has 16 heavy (non-hydrogen) atoms. The number of halogens is 1. The minimum atomic E-state index is 0.483. The van der Waals surface area contributed by atoms with Crippen LogP contribution in [0.25, 0.3) is 10.2 Å². The van der Waals surface area contributed by atoms with Crippen LogP contribution in [-0.4, -0.2) is 18.1 Å². The van der Waals surface area contributed by atoms with Gasteiger partial charge < -0.3 is 5.32 Å². The lowest BCUT2D eigenvalue weighted by Gasteiger charge is -2.07. The van der Waals surface area contributed by atoms with Gasteiger partial charge in [-0.3, -0.25) is 0 Å². The predicted octanol–water partition coefficient (Wildman–Crippen LogP) is 3.77. The Morgan fingerprint density at radius 3 is 3.06 bits per heavy atom. The molecule has 1 aromatic carbocycles. The van der Waals surface area contributed by atoms with Gasteiger partial charge in [-0.2, -0.15) is 0 Å². The Kier molecular flexibility index (Phi) is 3.95. The number of rotatable bonds is 4. The molecule has 0 saturated carbocycles. The van der Waals surface area contributed by atoms with E-state index in [4.69, 9.17) is 0 Å². The summed E-state index contributed by atoms with van der Waals surface area (Å²) in [7, 11) is 0. The number of benzene rings is 1. The summed E-state index contributed by atoms with van der Waals surface area (Å²) >= 11 is 5.27. The molecule has 0 aliphatic heterocycles. The zero-order valence-corrected chi connectivity index (χ0v) is 11.9. The van der Waals surface area contributed by atoms with Crippen molar-refractivity contribution in [3.63, 3.8) is 0 Å². The second-order valence-corrected chi connectivity index (χ2v) is 5.85. The molecule has 2 aromatic rings. The quantitative estimate of drug-likeness (QED) is 0.929. The number of aromatic nitrogens is 1. The molecule has 0 spiro atoms. The molecule has 0 fully saturated rings. The van der Waals surface area contributed by atoms with Gasteiger partial charge in [-0.1, -0.05) is 29.8 Å². The van der Waals surface area contributed by atoms with Gasteiger partial charge in [0.1, 0.15) is 0 Å². The van der Waals surface area contributed by atoms with Crippen LogP contribution in [0, 0.1) is 0 Å². The van der Waals surface area contributed by atoms with Gasteiger partial charge in [0.25, 0.3) is 0 Å². The molecule has 86 valence electrons. The number of hydrogen-bond acceptors (Lipinski definition) is 3. The van der Waals surface area contributed by atoms with E-state index in [1.165, 1.54) is 9.71 Å². The fourth-order valence-corrected chi connectivity index (χ4v) is 2.93. The molecule has 0 amide bonds. The van der Waals surface area contributed by atoms with Gasteiger partial charge in [-0.25, -0.2) is 4.98 Å². The fourth-order valence-electron chi connectivity index (χ4n) is 1.58. The highest BCUT2D eigenvalue weighted by atomic mass is 79.9. The van der Waals surface area contributed by atoms with E-state index < -0.39 is 0 Å². The summed E-state index contributed by atoms with van der Waals surface area (Å²) in [6.07, 6.45) is 0. The highest BCUT2D eigenvalue weighted by Crippen LogP contribution is 2.28. The van der Waals surface area contributed by atoms with E-state index in [1.807, 2.05) is 0 Å². The van der Waals surface area contributed by atoms with E-state index in [1.54, 1.807) is 11.3 Å². The van der Waals surface area contributed by atoms with Crippen LogP contribution >= 0.6 is 27.3 Å². The molecular formula is C12H15BrN2S. The maximum absolute atomic E-state index is 4.67. The summed E-state index contributed by atoms with van der Waals surface area (Å²) in [5, 5.41) is 4.58. The lowest BCUT2D eigenvalue weighted by atomic mass is 10.2. The van der Waals surface area contributed by atoms with E-state index in [-0.39, 0.29) is 0 Å². The average molecular weight is 299 g/mol. The van der Waals surface area contributed by atoms with Gasteiger partial charge in [0, 0.05) is 16.9 Å². The van der Waals surface area contributed by atoms with Crippen LogP contribution < -0.4 is 5.32 Å². The molecule has 0 radical (unpaired) electrons. The maximum atomic E-state index is 4.67. The zero-order chi connectivity index (χ0) is 11.5. The van der Waals surface area contributed by atoms with Crippen molar-refractivity contribution in [2.24, 2.45) is 0 Å². The molecule has 1 atom stereocenters. The number of likely N-dealkylation sites (N-methyl/N-ethyl adjacent to an activating group) is 1. The Morgan fingerprint density at radius 2 is 2.31 bits per heavy atom. The zero-order valence-electron chi connectivity index (χ0n) is 9.46. The van der Waals surface area contributed by atoms with Gasteiger partial charge in [-0.15, -0.1) is 11.3 Å².